The predicted octanol–water partition coefficient (Wildman–Crippen LogP) is 2.98. The van der Waals surface area contributed by atoms with Gasteiger partial charge in [-0.25, -0.2) is 0 Å². The molecule has 1 N–H and O–H groups in total. The molecule has 0 amide bonds. The van der Waals surface area contributed by atoms with Gasteiger partial charge in [-0.15, -0.1) is 0 Å². The zero-order chi connectivity index (χ0) is 12.4. The molecule has 3 rings (SSSR count). The first kappa shape index (κ1) is 11.5. The molecular formula is C15H19N3. The molecule has 0 saturated carbocycles. The normalized spacial score (nSPS) is 16.3. The van der Waals surface area contributed by atoms with E-state index >= 15 is 0 Å². The minimum atomic E-state index is 1.09. The second kappa shape index (κ2) is 4.94. The highest BCUT2D eigenvalue weighted by molar-refractivity contribution is 5.65. The maximum absolute atomic E-state index is 4.07. The van der Waals surface area contributed by atoms with E-state index in [0.29, 0.717) is 0 Å². The number of aromatic nitrogens is 2. The second-order valence-electron chi connectivity index (χ2n) is 5.09. The molecule has 1 aliphatic rings. The number of hydrogen-bond acceptors (Lipinski definition) is 2. The molecule has 0 unspecified atom stereocenters. The van der Waals surface area contributed by atoms with Crippen LogP contribution in [-0.2, 0) is 6.54 Å². The first-order valence-corrected chi connectivity index (χ1v) is 6.64. The van der Waals surface area contributed by atoms with Crippen LogP contribution < -0.4 is 0 Å². The van der Waals surface area contributed by atoms with Gasteiger partial charge in [0.25, 0.3) is 0 Å². The first-order valence-electron chi connectivity index (χ1n) is 6.64. The molecule has 0 radical (unpaired) electrons. The Morgan fingerprint density at radius 2 is 1.89 bits per heavy atom. The van der Waals surface area contributed by atoms with Crippen molar-refractivity contribution in [2.45, 2.75) is 26.3 Å². The van der Waals surface area contributed by atoms with Crippen LogP contribution >= 0.6 is 0 Å². The summed E-state index contributed by atoms with van der Waals surface area (Å²) in [5.74, 6) is 0. The zero-order valence-electron chi connectivity index (χ0n) is 10.8. The summed E-state index contributed by atoms with van der Waals surface area (Å²) in [7, 11) is 0. The molecule has 1 aromatic carbocycles. The van der Waals surface area contributed by atoms with E-state index in [4.69, 9.17) is 0 Å². The Balaban J connectivity index is 1.74. The maximum Gasteiger partial charge on any atom is 0.0568 e. The summed E-state index contributed by atoms with van der Waals surface area (Å²) in [5.41, 5.74) is 4.97. The summed E-state index contributed by atoms with van der Waals surface area (Å²) in [6, 6.07) is 8.87. The number of nitrogens with one attached hydrogen (secondary N) is 1. The van der Waals surface area contributed by atoms with Crippen LogP contribution in [0.15, 0.2) is 30.5 Å². The third-order valence-corrected chi connectivity index (χ3v) is 3.70. The fourth-order valence-electron chi connectivity index (χ4n) is 2.63. The van der Waals surface area contributed by atoms with Crippen molar-refractivity contribution in [2.75, 3.05) is 13.1 Å². The Hall–Kier alpha value is -1.61. The highest BCUT2D eigenvalue weighted by atomic mass is 15.1. The third kappa shape index (κ3) is 2.31. The Bertz CT molecular complexity index is 507. The standard InChI is InChI=1S/C15H19N3/c1-12-15(10-16-17-12)14-6-4-13(5-7-14)11-18-8-2-3-9-18/h4-7,10H,2-3,8-9,11H2,1H3,(H,16,17). The topological polar surface area (TPSA) is 31.9 Å². The Morgan fingerprint density at radius 3 is 2.50 bits per heavy atom. The summed E-state index contributed by atoms with van der Waals surface area (Å²) >= 11 is 0. The van der Waals surface area contributed by atoms with Crippen molar-refractivity contribution in [3.8, 4) is 11.1 Å². The number of nitrogens with zero attached hydrogens (tertiary/aromatic N) is 2. The number of aryl methyl sites for hydroxylation is 1. The van der Waals surface area contributed by atoms with E-state index in [1.165, 1.54) is 42.6 Å². The number of rotatable bonds is 3. The lowest BCUT2D eigenvalue weighted by molar-refractivity contribution is 0.331. The van der Waals surface area contributed by atoms with Gasteiger partial charge in [-0.3, -0.25) is 10.00 Å². The van der Waals surface area contributed by atoms with Crippen LogP contribution in [0.25, 0.3) is 11.1 Å². The largest absolute Gasteiger partial charge is 0.299 e. The monoisotopic (exact) mass is 241 g/mol. The van der Waals surface area contributed by atoms with Crippen LogP contribution in [0.3, 0.4) is 0 Å². The molecule has 1 fully saturated rings. The van der Waals surface area contributed by atoms with Crippen LogP contribution in [0.2, 0.25) is 0 Å². The highest BCUT2D eigenvalue weighted by Gasteiger charge is 2.11. The molecule has 0 atom stereocenters. The Labute approximate surface area is 108 Å². The van der Waals surface area contributed by atoms with Crippen molar-refractivity contribution >= 4 is 0 Å². The summed E-state index contributed by atoms with van der Waals surface area (Å²) in [5, 5.41) is 7.05. The lowest BCUT2D eigenvalue weighted by Gasteiger charge is -2.14. The highest BCUT2D eigenvalue weighted by Crippen LogP contribution is 2.22. The average Bonchev–Trinajstić information content (AvgIpc) is 3.02. The first-order chi connectivity index (χ1) is 8.83. The molecule has 18 heavy (non-hydrogen) atoms. The number of benzene rings is 1. The van der Waals surface area contributed by atoms with Crippen molar-refractivity contribution in [1.82, 2.24) is 15.1 Å². The number of H-pyrrole nitrogens is 1. The number of likely N-dealkylation sites (tertiary alicyclic amines) is 1. The number of hydrogen-bond donors (Lipinski definition) is 1. The Kier molecular flexibility index (Phi) is 3.15. The van der Waals surface area contributed by atoms with Gasteiger partial charge in [0, 0.05) is 17.8 Å². The van der Waals surface area contributed by atoms with Crippen LogP contribution in [0, 0.1) is 6.92 Å². The van der Waals surface area contributed by atoms with Gasteiger partial charge in [0.15, 0.2) is 0 Å². The smallest absolute Gasteiger partial charge is 0.0568 e. The quantitative estimate of drug-likeness (QED) is 0.896. The molecule has 2 aromatic rings. The molecule has 3 nitrogen and oxygen atoms in total. The van der Waals surface area contributed by atoms with E-state index in [1.807, 2.05) is 6.20 Å². The predicted molar refractivity (Wildman–Crippen MR) is 73.3 cm³/mol. The van der Waals surface area contributed by atoms with Crippen LogP contribution in [0.4, 0.5) is 0 Å². The fraction of sp³-hybridized carbons (Fsp3) is 0.400. The van der Waals surface area contributed by atoms with Crippen molar-refractivity contribution in [2.24, 2.45) is 0 Å². The summed E-state index contributed by atoms with van der Waals surface area (Å²) in [4.78, 5) is 2.53. The van der Waals surface area contributed by atoms with E-state index in [-0.39, 0.29) is 0 Å². The molecule has 94 valence electrons. The van der Waals surface area contributed by atoms with Crippen molar-refractivity contribution in [1.29, 1.82) is 0 Å². The Morgan fingerprint density at radius 1 is 1.17 bits per heavy atom. The van der Waals surface area contributed by atoms with Gasteiger partial charge < -0.3 is 0 Å². The maximum atomic E-state index is 4.07. The van der Waals surface area contributed by atoms with Gasteiger partial charge in [-0.05, 0) is 44.0 Å². The minimum Gasteiger partial charge on any atom is -0.299 e. The van der Waals surface area contributed by atoms with Gasteiger partial charge in [0.2, 0.25) is 0 Å². The van der Waals surface area contributed by atoms with Gasteiger partial charge in [-0.2, -0.15) is 5.10 Å². The van der Waals surface area contributed by atoms with Crippen LogP contribution in [0.5, 0.6) is 0 Å². The van der Waals surface area contributed by atoms with Crippen LogP contribution in [-0.4, -0.2) is 28.2 Å². The fourth-order valence-corrected chi connectivity index (χ4v) is 2.63. The molecule has 0 bridgehead atoms. The van der Waals surface area contributed by atoms with Crippen molar-refractivity contribution in [3.05, 3.63) is 41.7 Å². The molecule has 2 heterocycles. The lowest BCUT2D eigenvalue weighted by atomic mass is 10.0. The van der Waals surface area contributed by atoms with Gasteiger partial charge >= 0.3 is 0 Å². The molecular weight excluding hydrogens is 222 g/mol. The molecule has 0 spiro atoms. The van der Waals surface area contributed by atoms with Gasteiger partial charge in [0.1, 0.15) is 0 Å². The van der Waals surface area contributed by atoms with Crippen molar-refractivity contribution in [3.63, 3.8) is 0 Å². The zero-order valence-corrected chi connectivity index (χ0v) is 10.8. The number of aromatic amines is 1. The molecule has 0 aliphatic carbocycles. The third-order valence-electron chi connectivity index (χ3n) is 3.70. The van der Waals surface area contributed by atoms with E-state index < -0.39 is 0 Å². The van der Waals surface area contributed by atoms with E-state index in [2.05, 4.69) is 46.3 Å². The minimum absolute atomic E-state index is 1.09. The molecule has 3 heteroatoms. The van der Waals surface area contributed by atoms with E-state index in [1.54, 1.807) is 0 Å². The van der Waals surface area contributed by atoms with Crippen molar-refractivity contribution < 1.29 is 0 Å². The van der Waals surface area contributed by atoms with E-state index in [9.17, 15) is 0 Å². The summed E-state index contributed by atoms with van der Waals surface area (Å²) in [6.45, 7) is 5.65. The lowest BCUT2D eigenvalue weighted by Crippen LogP contribution is -2.18. The summed E-state index contributed by atoms with van der Waals surface area (Å²) < 4.78 is 0. The average molecular weight is 241 g/mol. The summed E-state index contributed by atoms with van der Waals surface area (Å²) in [6.07, 6.45) is 4.60. The second-order valence-corrected chi connectivity index (χ2v) is 5.09. The molecule has 1 aromatic heterocycles. The van der Waals surface area contributed by atoms with E-state index in [0.717, 1.165) is 12.2 Å². The molecule has 1 aliphatic heterocycles. The van der Waals surface area contributed by atoms with Gasteiger partial charge in [-0.1, -0.05) is 24.3 Å². The molecule has 1 saturated heterocycles. The van der Waals surface area contributed by atoms with Crippen LogP contribution in [0.1, 0.15) is 24.1 Å². The SMILES string of the molecule is Cc1[nH]ncc1-c1ccc(CN2CCCC2)cc1. The van der Waals surface area contributed by atoms with Gasteiger partial charge in [0.05, 0.1) is 6.20 Å².